The molecule has 2 aromatic heterocycles. The van der Waals surface area contributed by atoms with Crippen LogP contribution in [-0.4, -0.2) is 39.8 Å². The summed E-state index contributed by atoms with van der Waals surface area (Å²) in [4.78, 5) is 22.3. The van der Waals surface area contributed by atoms with Crippen molar-refractivity contribution in [2.45, 2.75) is 79.4 Å². The number of aliphatic carboxylic acids is 1. The standard InChI is InChI=1S/C33H41N3O5/c1-8-11-23-14-22(19-36-28(10-3)35-29-20(4)13-21(5)34-32(29)36)15-24(12-9-2)30(23)41-31(33(37)38)25-16-26(39-6)18-27(17-25)40-7/h13-18,31H,8-12,19H2,1-7H3,(H,37,38). The van der Waals surface area contributed by atoms with E-state index in [0.29, 0.717) is 29.4 Å². The molecule has 0 spiro atoms. The molecule has 8 heteroatoms. The van der Waals surface area contributed by atoms with Crippen LogP contribution in [0.1, 0.15) is 79.1 Å². The van der Waals surface area contributed by atoms with Crippen molar-refractivity contribution >= 4 is 17.1 Å². The second kappa shape index (κ2) is 13.1. The van der Waals surface area contributed by atoms with E-state index in [9.17, 15) is 9.90 Å². The average Bonchev–Trinajstić information content (AvgIpc) is 3.29. The van der Waals surface area contributed by atoms with Gasteiger partial charge < -0.3 is 23.9 Å². The van der Waals surface area contributed by atoms with E-state index in [-0.39, 0.29) is 0 Å². The molecule has 0 amide bonds. The highest BCUT2D eigenvalue weighted by Crippen LogP contribution is 2.36. The number of nitrogens with zero attached hydrogens (tertiary/aromatic N) is 3. The third kappa shape index (κ3) is 6.47. The van der Waals surface area contributed by atoms with E-state index in [4.69, 9.17) is 24.2 Å². The van der Waals surface area contributed by atoms with E-state index >= 15 is 0 Å². The number of benzene rings is 2. The smallest absolute Gasteiger partial charge is 0.349 e. The lowest BCUT2D eigenvalue weighted by Crippen LogP contribution is -2.20. The molecule has 0 fully saturated rings. The number of hydrogen-bond acceptors (Lipinski definition) is 6. The largest absolute Gasteiger partial charge is 0.497 e. The van der Waals surface area contributed by atoms with Gasteiger partial charge in [0.2, 0.25) is 6.10 Å². The Morgan fingerprint density at radius 3 is 2.02 bits per heavy atom. The molecule has 1 atom stereocenters. The second-order valence-corrected chi connectivity index (χ2v) is 10.4. The quantitative estimate of drug-likeness (QED) is 0.193. The van der Waals surface area contributed by atoms with Crippen molar-refractivity contribution in [2.75, 3.05) is 14.2 Å². The van der Waals surface area contributed by atoms with E-state index in [0.717, 1.165) is 77.0 Å². The molecule has 2 heterocycles. The van der Waals surface area contributed by atoms with Gasteiger partial charge in [-0.25, -0.2) is 14.8 Å². The van der Waals surface area contributed by atoms with E-state index in [1.54, 1.807) is 18.2 Å². The van der Waals surface area contributed by atoms with Gasteiger partial charge in [0, 0.05) is 23.7 Å². The van der Waals surface area contributed by atoms with Gasteiger partial charge in [-0.3, -0.25) is 0 Å². The maximum atomic E-state index is 12.5. The third-order valence-corrected chi connectivity index (χ3v) is 7.24. The van der Waals surface area contributed by atoms with Gasteiger partial charge in [0.25, 0.3) is 0 Å². The number of methoxy groups -OCH3 is 2. The van der Waals surface area contributed by atoms with Crippen LogP contribution < -0.4 is 14.2 Å². The summed E-state index contributed by atoms with van der Waals surface area (Å²) < 4.78 is 19.4. The van der Waals surface area contributed by atoms with Crippen molar-refractivity contribution < 1.29 is 24.1 Å². The van der Waals surface area contributed by atoms with E-state index in [2.05, 4.69) is 50.5 Å². The van der Waals surface area contributed by atoms with Crippen LogP contribution in [0.5, 0.6) is 17.2 Å². The number of pyridine rings is 1. The number of aromatic nitrogens is 3. The van der Waals surface area contributed by atoms with Crippen LogP contribution in [0.4, 0.5) is 0 Å². The molecule has 218 valence electrons. The van der Waals surface area contributed by atoms with Gasteiger partial charge in [0.1, 0.15) is 28.6 Å². The van der Waals surface area contributed by atoms with Gasteiger partial charge in [0.15, 0.2) is 5.65 Å². The Hall–Kier alpha value is -4.07. The Kier molecular flexibility index (Phi) is 9.53. The minimum Gasteiger partial charge on any atom is -0.497 e. The minimum absolute atomic E-state index is 0.456. The van der Waals surface area contributed by atoms with Crippen molar-refractivity contribution in [3.8, 4) is 17.2 Å². The number of carbonyl (C=O) groups is 1. The van der Waals surface area contributed by atoms with Crippen LogP contribution in [0.25, 0.3) is 11.2 Å². The molecule has 1 unspecified atom stereocenters. The highest BCUT2D eigenvalue weighted by molar-refractivity contribution is 5.76. The molecule has 1 N–H and O–H groups in total. The van der Waals surface area contributed by atoms with Crippen molar-refractivity contribution in [1.82, 2.24) is 14.5 Å². The molecule has 4 rings (SSSR count). The molecule has 0 aliphatic heterocycles. The normalized spacial score (nSPS) is 12.0. The summed E-state index contributed by atoms with van der Waals surface area (Å²) in [6.07, 6.45) is 2.87. The summed E-state index contributed by atoms with van der Waals surface area (Å²) in [6.45, 7) is 11.1. The first-order valence-electron chi connectivity index (χ1n) is 14.3. The zero-order valence-electron chi connectivity index (χ0n) is 25.2. The van der Waals surface area contributed by atoms with E-state index < -0.39 is 12.1 Å². The average molecular weight is 560 g/mol. The summed E-state index contributed by atoms with van der Waals surface area (Å²) in [5, 5.41) is 10.3. The van der Waals surface area contributed by atoms with Crippen LogP contribution in [0, 0.1) is 13.8 Å². The van der Waals surface area contributed by atoms with Crippen LogP contribution in [0.3, 0.4) is 0 Å². The SMILES string of the molecule is CCCc1cc(Cn2c(CC)nc3c(C)cc(C)nc32)cc(CCC)c1OC(C(=O)O)c1cc(OC)cc(OC)c1. The first kappa shape index (κ1) is 29.9. The number of carboxylic acid groups (broad SMARTS) is 1. The van der Waals surface area contributed by atoms with E-state index in [1.165, 1.54) is 14.2 Å². The number of imidazole rings is 1. The van der Waals surface area contributed by atoms with Gasteiger partial charge in [-0.15, -0.1) is 0 Å². The van der Waals surface area contributed by atoms with Gasteiger partial charge in [-0.2, -0.15) is 0 Å². The van der Waals surface area contributed by atoms with Crippen LogP contribution in [-0.2, 0) is 30.6 Å². The molecule has 4 aromatic rings. The van der Waals surface area contributed by atoms with Gasteiger partial charge in [-0.1, -0.05) is 45.7 Å². The first-order chi connectivity index (χ1) is 19.7. The van der Waals surface area contributed by atoms with Crippen LogP contribution in [0.15, 0.2) is 36.4 Å². The number of carboxylic acids is 1. The molecule has 0 aliphatic carbocycles. The predicted molar refractivity (Wildman–Crippen MR) is 160 cm³/mol. The van der Waals surface area contributed by atoms with Crippen molar-refractivity contribution in [2.24, 2.45) is 0 Å². The molecule has 0 radical (unpaired) electrons. The maximum absolute atomic E-state index is 12.5. The lowest BCUT2D eigenvalue weighted by atomic mass is 9.97. The molecule has 0 saturated carbocycles. The fourth-order valence-electron chi connectivity index (χ4n) is 5.41. The van der Waals surface area contributed by atoms with Crippen LogP contribution in [0.2, 0.25) is 0 Å². The lowest BCUT2D eigenvalue weighted by Gasteiger charge is -2.23. The molecule has 0 saturated heterocycles. The number of rotatable bonds is 13. The number of aryl methyl sites for hydroxylation is 5. The molecule has 8 nitrogen and oxygen atoms in total. The van der Waals surface area contributed by atoms with Gasteiger partial charge in [0.05, 0.1) is 20.8 Å². The topological polar surface area (TPSA) is 95.7 Å². The van der Waals surface area contributed by atoms with Crippen LogP contribution >= 0.6 is 0 Å². The summed E-state index contributed by atoms with van der Waals surface area (Å²) >= 11 is 0. The highest BCUT2D eigenvalue weighted by atomic mass is 16.5. The Labute approximate surface area is 242 Å². The monoisotopic (exact) mass is 559 g/mol. The molecular weight excluding hydrogens is 518 g/mol. The number of ether oxygens (including phenoxy) is 3. The molecule has 2 aromatic carbocycles. The summed E-state index contributed by atoms with van der Waals surface area (Å²) in [5.74, 6) is 1.57. The fraction of sp³-hybridized carbons (Fsp3) is 0.424. The molecular formula is C33H41N3O5. The number of fused-ring (bicyclic) bond motifs is 1. The Bertz CT molecular complexity index is 1490. The first-order valence-corrected chi connectivity index (χ1v) is 14.3. The third-order valence-electron chi connectivity index (χ3n) is 7.24. The zero-order valence-corrected chi connectivity index (χ0v) is 25.2. The highest BCUT2D eigenvalue weighted by Gasteiger charge is 2.27. The predicted octanol–water partition coefficient (Wildman–Crippen LogP) is 6.79. The second-order valence-electron chi connectivity index (χ2n) is 10.4. The maximum Gasteiger partial charge on any atom is 0.349 e. The summed E-state index contributed by atoms with van der Waals surface area (Å²) in [5.41, 5.74) is 7.49. The van der Waals surface area contributed by atoms with E-state index in [1.807, 2.05) is 6.92 Å². The van der Waals surface area contributed by atoms with Gasteiger partial charge in [-0.05, 0) is 67.1 Å². The zero-order chi connectivity index (χ0) is 29.7. The lowest BCUT2D eigenvalue weighted by molar-refractivity contribution is -0.145. The van der Waals surface area contributed by atoms with Crippen molar-refractivity contribution in [1.29, 1.82) is 0 Å². The number of hydrogen-bond donors (Lipinski definition) is 1. The molecule has 0 bridgehead atoms. The molecule has 0 aliphatic rings. The Balaban J connectivity index is 1.81. The minimum atomic E-state index is -1.23. The summed E-state index contributed by atoms with van der Waals surface area (Å²) in [6, 6.07) is 11.4. The Morgan fingerprint density at radius 2 is 1.51 bits per heavy atom. The Morgan fingerprint density at radius 1 is 0.902 bits per heavy atom. The fourth-order valence-corrected chi connectivity index (χ4v) is 5.41. The van der Waals surface area contributed by atoms with Crippen molar-refractivity contribution in [3.05, 3.63) is 75.7 Å². The summed E-state index contributed by atoms with van der Waals surface area (Å²) in [7, 11) is 3.08. The molecule has 41 heavy (non-hydrogen) atoms. The van der Waals surface area contributed by atoms with Gasteiger partial charge >= 0.3 is 5.97 Å². The van der Waals surface area contributed by atoms with Crippen molar-refractivity contribution in [3.63, 3.8) is 0 Å².